The van der Waals surface area contributed by atoms with Crippen molar-refractivity contribution in [3.63, 3.8) is 0 Å². The van der Waals surface area contributed by atoms with Crippen molar-refractivity contribution in [1.29, 1.82) is 0 Å². The molecule has 118 valence electrons. The van der Waals surface area contributed by atoms with Crippen LogP contribution < -0.4 is 11.1 Å². The zero-order chi connectivity index (χ0) is 15.7. The second kappa shape index (κ2) is 9.56. The molecule has 1 aromatic rings. The van der Waals surface area contributed by atoms with Gasteiger partial charge in [0, 0.05) is 13.0 Å². The molecule has 0 radical (unpaired) electrons. The van der Waals surface area contributed by atoms with Gasteiger partial charge >= 0.3 is 0 Å². The first-order valence-corrected chi connectivity index (χ1v) is 8.12. The van der Waals surface area contributed by atoms with Crippen LogP contribution in [0.3, 0.4) is 0 Å². The van der Waals surface area contributed by atoms with Gasteiger partial charge in [-0.3, -0.25) is 4.79 Å². The van der Waals surface area contributed by atoms with Crippen LogP contribution in [0, 0.1) is 5.92 Å². The molecule has 0 heterocycles. The van der Waals surface area contributed by atoms with Crippen molar-refractivity contribution in [2.24, 2.45) is 11.7 Å². The fourth-order valence-corrected chi connectivity index (χ4v) is 2.43. The number of benzene rings is 1. The summed E-state index contributed by atoms with van der Waals surface area (Å²) in [5, 5.41) is 3.00. The third-order valence-electron chi connectivity index (χ3n) is 4.07. The average molecular weight is 290 g/mol. The van der Waals surface area contributed by atoms with Crippen LogP contribution in [-0.2, 0) is 11.3 Å². The Labute approximate surface area is 129 Å². The number of carbonyl (C=O) groups excluding carboxylic acids is 1. The fourth-order valence-electron chi connectivity index (χ4n) is 2.43. The van der Waals surface area contributed by atoms with E-state index < -0.39 is 0 Å². The normalized spacial score (nSPS) is 12.4. The van der Waals surface area contributed by atoms with Gasteiger partial charge in [-0.15, -0.1) is 0 Å². The molecule has 0 aliphatic carbocycles. The number of nitrogens with one attached hydrogen (secondary N) is 1. The first-order valence-electron chi connectivity index (χ1n) is 8.12. The Kier molecular flexibility index (Phi) is 8.06. The van der Waals surface area contributed by atoms with Gasteiger partial charge in [0.1, 0.15) is 0 Å². The lowest BCUT2D eigenvalue weighted by atomic mass is 9.96. The Hall–Kier alpha value is -1.35. The molecule has 0 saturated heterocycles. The van der Waals surface area contributed by atoms with Gasteiger partial charge in [-0.25, -0.2) is 0 Å². The molecule has 0 saturated carbocycles. The van der Waals surface area contributed by atoms with Crippen LogP contribution in [0.15, 0.2) is 24.3 Å². The molecule has 3 nitrogen and oxygen atoms in total. The quantitative estimate of drug-likeness (QED) is 0.730. The van der Waals surface area contributed by atoms with E-state index in [-0.39, 0.29) is 5.91 Å². The zero-order valence-electron chi connectivity index (χ0n) is 13.7. The van der Waals surface area contributed by atoms with Crippen molar-refractivity contribution in [2.45, 2.75) is 58.9 Å². The van der Waals surface area contributed by atoms with Gasteiger partial charge in [0.2, 0.25) is 5.91 Å². The molecule has 1 aromatic carbocycles. The van der Waals surface area contributed by atoms with Crippen molar-refractivity contribution >= 4 is 5.91 Å². The molecule has 0 spiro atoms. The minimum atomic E-state index is 0.137. The van der Waals surface area contributed by atoms with E-state index in [1.54, 1.807) is 0 Å². The van der Waals surface area contributed by atoms with Crippen molar-refractivity contribution < 1.29 is 4.79 Å². The molecule has 1 amide bonds. The maximum Gasteiger partial charge on any atom is 0.220 e. The molecular weight excluding hydrogens is 260 g/mol. The highest BCUT2D eigenvalue weighted by atomic mass is 16.1. The van der Waals surface area contributed by atoms with Crippen molar-refractivity contribution in [3.8, 4) is 0 Å². The van der Waals surface area contributed by atoms with Crippen molar-refractivity contribution in [2.75, 3.05) is 6.54 Å². The SMILES string of the molecule is CCC(CCN)CCC(=O)NCc1ccc(C(C)C)cc1. The van der Waals surface area contributed by atoms with Gasteiger partial charge in [-0.1, -0.05) is 51.5 Å². The predicted molar refractivity (Wildman–Crippen MR) is 89.1 cm³/mol. The Morgan fingerprint density at radius 2 is 1.86 bits per heavy atom. The fraction of sp³-hybridized carbons (Fsp3) is 0.611. The summed E-state index contributed by atoms with van der Waals surface area (Å²) in [6.45, 7) is 7.85. The van der Waals surface area contributed by atoms with Crippen LogP contribution in [0.5, 0.6) is 0 Å². The molecule has 1 rings (SSSR count). The maximum atomic E-state index is 11.9. The smallest absolute Gasteiger partial charge is 0.220 e. The highest BCUT2D eigenvalue weighted by Crippen LogP contribution is 2.15. The summed E-state index contributed by atoms with van der Waals surface area (Å²) < 4.78 is 0. The highest BCUT2D eigenvalue weighted by molar-refractivity contribution is 5.75. The maximum absolute atomic E-state index is 11.9. The Morgan fingerprint density at radius 3 is 2.38 bits per heavy atom. The summed E-state index contributed by atoms with van der Waals surface area (Å²) in [6, 6.07) is 8.47. The molecule has 0 aliphatic heterocycles. The monoisotopic (exact) mass is 290 g/mol. The summed E-state index contributed by atoms with van der Waals surface area (Å²) in [5.41, 5.74) is 8.06. The molecular formula is C18H30N2O. The summed E-state index contributed by atoms with van der Waals surface area (Å²) >= 11 is 0. The topological polar surface area (TPSA) is 55.1 Å². The van der Waals surface area contributed by atoms with Gasteiger partial charge < -0.3 is 11.1 Å². The number of rotatable bonds is 9. The van der Waals surface area contributed by atoms with Gasteiger partial charge in [-0.05, 0) is 42.3 Å². The van der Waals surface area contributed by atoms with E-state index >= 15 is 0 Å². The lowest BCUT2D eigenvalue weighted by molar-refractivity contribution is -0.121. The zero-order valence-corrected chi connectivity index (χ0v) is 13.7. The first kappa shape index (κ1) is 17.7. The van der Waals surface area contributed by atoms with Crippen molar-refractivity contribution in [1.82, 2.24) is 5.32 Å². The molecule has 0 aromatic heterocycles. The van der Waals surface area contributed by atoms with E-state index in [2.05, 4.69) is 50.4 Å². The van der Waals surface area contributed by atoms with Crippen LogP contribution in [0.2, 0.25) is 0 Å². The van der Waals surface area contributed by atoms with Crippen LogP contribution in [-0.4, -0.2) is 12.5 Å². The Morgan fingerprint density at radius 1 is 1.19 bits per heavy atom. The highest BCUT2D eigenvalue weighted by Gasteiger charge is 2.09. The van der Waals surface area contributed by atoms with Crippen LogP contribution in [0.1, 0.15) is 63.5 Å². The van der Waals surface area contributed by atoms with Crippen LogP contribution in [0.25, 0.3) is 0 Å². The van der Waals surface area contributed by atoms with Crippen LogP contribution in [0.4, 0.5) is 0 Å². The number of nitrogens with two attached hydrogens (primary N) is 1. The molecule has 0 bridgehead atoms. The number of hydrogen-bond donors (Lipinski definition) is 2. The summed E-state index contributed by atoms with van der Waals surface area (Å²) in [5.74, 6) is 1.26. The first-order chi connectivity index (χ1) is 10.1. The van der Waals surface area contributed by atoms with E-state index in [0.717, 1.165) is 24.8 Å². The number of amides is 1. The molecule has 1 atom stereocenters. The van der Waals surface area contributed by atoms with Crippen molar-refractivity contribution in [3.05, 3.63) is 35.4 Å². The molecule has 21 heavy (non-hydrogen) atoms. The predicted octanol–water partition coefficient (Wildman–Crippen LogP) is 3.58. The minimum absolute atomic E-state index is 0.137. The van der Waals surface area contributed by atoms with Gasteiger partial charge in [0.05, 0.1) is 0 Å². The van der Waals surface area contributed by atoms with E-state index in [9.17, 15) is 4.79 Å². The summed E-state index contributed by atoms with van der Waals surface area (Å²) in [7, 11) is 0. The molecule has 3 N–H and O–H groups in total. The Bertz CT molecular complexity index is 412. The molecule has 0 fully saturated rings. The number of carbonyl (C=O) groups is 1. The van der Waals surface area contributed by atoms with E-state index in [4.69, 9.17) is 5.73 Å². The molecule has 1 unspecified atom stereocenters. The lowest BCUT2D eigenvalue weighted by Crippen LogP contribution is -2.23. The summed E-state index contributed by atoms with van der Waals surface area (Å²) in [4.78, 5) is 11.9. The van der Waals surface area contributed by atoms with E-state index in [0.29, 0.717) is 31.3 Å². The molecule has 3 heteroatoms. The molecule has 0 aliphatic rings. The summed E-state index contributed by atoms with van der Waals surface area (Å²) in [6.07, 6.45) is 3.65. The van der Waals surface area contributed by atoms with Gasteiger partial charge in [0.15, 0.2) is 0 Å². The van der Waals surface area contributed by atoms with E-state index in [1.807, 2.05) is 0 Å². The van der Waals surface area contributed by atoms with E-state index in [1.165, 1.54) is 5.56 Å². The Balaban J connectivity index is 2.32. The third kappa shape index (κ3) is 6.76. The lowest BCUT2D eigenvalue weighted by Gasteiger charge is -2.13. The number of hydrogen-bond acceptors (Lipinski definition) is 2. The van der Waals surface area contributed by atoms with Gasteiger partial charge in [0.25, 0.3) is 0 Å². The van der Waals surface area contributed by atoms with Gasteiger partial charge in [-0.2, -0.15) is 0 Å². The standard InChI is InChI=1S/C18H30N2O/c1-4-15(11-12-19)7-10-18(21)20-13-16-5-8-17(9-6-16)14(2)3/h5-6,8-9,14-15H,4,7,10-13,19H2,1-3H3,(H,20,21). The van der Waals surface area contributed by atoms with Crippen LogP contribution >= 0.6 is 0 Å². The third-order valence-corrected chi connectivity index (χ3v) is 4.07. The second-order valence-corrected chi connectivity index (χ2v) is 6.06. The average Bonchev–Trinajstić information content (AvgIpc) is 2.49. The largest absolute Gasteiger partial charge is 0.352 e. The second-order valence-electron chi connectivity index (χ2n) is 6.06. The minimum Gasteiger partial charge on any atom is -0.352 e.